The van der Waals surface area contributed by atoms with Gasteiger partial charge in [0.2, 0.25) is 0 Å². The molecule has 1 heterocycles. The number of fused-ring (bicyclic) bond motifs is 1. The number of nitrogens with zero attached hydrogens (tertiary/aromatic N) is 1. The summed E-state index contributed by atoms with van der Waals surface area (Å²) >= 11 is 0. The van der Waals surface area contributed by atoms with E-state index in [4.69, 9.17) is 9.47 Å². The molecule has 0 atom stereocenters. The lowest BCUT2D eigenvalue weighted by atomic mass is 10.0. The Morgan fingerprint density at radius 3 is 2.35 bits per heavy atom. The number of ether oxygens (including phenoxy) is 3. The van der Waals surface area contributed by atoms with E-state index in [0.717, 1.165) is 27.7 Å². The highest BCUT2D eigenvalue weighted by Crippen LogP contribution is 2.30. The van der Waals surface area contributed by atoms with E-state index in [1.54, 1.807) is 26.4 Å². The third-order valence-electron chi connectivity index (χ3n) is 5.59. The van der Waals surface area contributed by atoms with Crippen molar-refractivity contribution in [1.82, 2.24) is 4.57 Å². The fourth-order valence-electron chi connectivity index (χ4n) is 3.88. The third-order valence-corrected chi connectivity index (χ3v) is 5.59. The molecule has 34 heavy (non-hydrogen) atoms. The molecule has 0 N–H and O–H groups in total. The van der Waals surface area contributed by atoms with Gasteiger partial charge in [0.05, 0.1) is 26.8 Å². The molecule has 0 saturated carbocycles. The van der Waals surface area contributed by atoms with Crippen LogP contribution in [0.1, 0.15) is 21.5 Å². The number of para-hydroxylation sites is 1. The van der Waals surface area contributed by atoms with Crippen LogP contribution < -0.4 is 9.47 Å². The normalized spacial score (nSPS) is 11.0. The third kappa shape index (κ3) is 4.71. The lowest BCUT2D eigenvalue weighted by molar-refractivity contribution is -0.134. The maximum absolute atomic E-state index is 13.5. The second-order valence-electron chi connectivity index (χ2n) is 7.67. The van der Waals surface area contributed by atoms with Crippen molar-refractivity contribution >= 4 is 28.7 Å². The number of Topliss-reactive ketones (excluding diaryl/α,β-unsaturated/α-hetero) is 1. The molecule has 1 aromatic heterocycles. The molecule has 3 aromatic carbocycles. The SMILES string of the molecule is COC(=O)C=Cc1ccc2c(c1)c(C(=O)Cc1ccc(OC)c(OC)c1)cn2-c1ccccc1. The summed E-state index contributed by atoms with van der Waals surface area (Å²) in [7, 11) is 4.48. The van der Waals surface area contributed by atoms with Crippen molar-refractivity contribution in [2.24, 2.45) is 0 Å². The average Bonchev–Trinajstić information content (AvgIpc) is 3.26. The van der Waals surface area contributed by atoms with Crippen LogP contribution in [-0.2, 0) is 16.0 Å². The van der Waals surface area contributed by atoms with Gasteiger partial charge in [-0.3, -0.25) is 4.79 Å². The first-order valence-corrected chi connectivity index (χ1v) is 10.7. The summed E-state index contributed by atoms with van der Waals surface area (Å²) in [6.07, 6.45) is 5.11. The van der Waals surface area contributed by atoms with Crippen LogP contribution in [0.25, 0.3) is 22.7 Å². The summed E-state index contributed by atoms with van der Waals surface area (Å²) in [5.74, 6) is 0.726. The molecule has 0 aliphatic heterocycles. The highest BCUT2D eigenvalue weighted by atomic mass is 16.5. The van der Waals surface area contributed by atoms with Crippen LogP contribution >= 0.6 is 0 Å². The fourth-order valence-corrected chi connectivity index (χ4v) is 3.88. The van der Waals surface area contributed by atoms with Crippen LogP contribution in [0.15, 0.2) is 79.0 Å². The number of carbonyl (C=O) groups is 2. The Hall–Kier alpha value is -4.32. The van der Waals surface area contributed by atoms with Crippen LogP contribution in [0, 0.1) is 0 Å². The monoisotopic (exact) mass is 455 g/mol. The first-order valence-electron chi connectivity index (χ1n) is 10.7. The maximum atomic E-state index is 13.5. The lowest BCUT2D eigenvalue weighted by Crippen LogP contribution is -2.04. The minimum absolute atomic E-state index is 0.0269. The fraction of sp³-hybridized carbons (Fsp3) is 0.143. The molecule has 0 aliphatic carbocycles. The number of hydrogen-bond acceptors (Lipinski definition) is 5. The molecule has 0 radical (unpaired) electrons. The van der Waals surface area contributed by atoms with Crippen molar-refractivity contribution in [2.45, 2.75) is 6.42 Å². The van der Waals surface area contributed by atoms with Crippen LogP contribution in [0.2, 0.25) is 0 Å². The molecule has 0 unspecified atom stereocenters. The zero-order chi connectivity index (χ0) is 24.1. The summed E-state index contributed by atoms with van der Waals surface area (Å²) in [6.45, 7) is 0. The van der Waals surface area contributed by atoms with E-state index in [0.29, 0.717) is 17.1 Å². The molecule has 0 bridgehead atoms. The Balaban J connectivity index is 1.77. The van der Waals surface area contributed by atoms with Crippen molar-refractivity contribution in [3.05, 3.63) is 95.7 Å². The number of carbonyl (C=O) groups excluding carboxylic acids is 2. The zero-order valence-corrected chi connectivity index (χ0v) is 19.3. The van der Waals surface area contributed by atoms with E-state index in [1.807, 2.05) is 71.4 Å². The zero-order valence-electron chi connectivity index (χ0n) is 19.3. The Kier molecular flexibility index (Phi) is 6.78. The van der Waals surface area contributed by atoms with E-state index >= 15 is 0 Å². The van der Waals surface area contributed by atoms with Crippen molar-refractivity contribution in [3.63, 3.8) is 0 Å². The van der Waals surface area contributed by atoms with Crippen LogP contribution in [-0.4, -0.2) is 37.6 Å². The van der Waals surface area contributed by atoms with Crippen LogP contribution in [0.4, 0.5) is 0 Å². The van der Waals surface area contributed by atoms with Crippen molar-refractivity contribution < 1.29 is 23.8 Å². The minimum Gasteiger partial charge on any atom is -0.493 e. The first-order chi connectivity index (χ1) is 16.5. The minimum atomic E-state index is -0.438. The molecule has 6 heteroatoms. The van der Waals surface area contributed by atoms with Crippen molar-refractivity contribution in [2.75, 3.05) is 21.3 Å². The van der Waals surface area contributed by atoms with Crippen molar-refractivity contribution in [3.8, 4) is 17.2 Å². The summed E-state index contributed by atoms with van der Waals surface area (Å²) in [4.78, 5) is 25.0. The van der Waals surface area contributed by atoms with Gasteiger partial charge in [0, 0.05) is 35.3 Å². The van der Waals surface area contributed by atoms with Gasteiger partial charge in [0.15, 0.2) is 17.3 Å². The van der Waals surface area contributed by atoms with Gasteiger partial charge in [-0.05, 0) is 53.6 Å². The average molecular weight is 456 g/mol. The second-order valence-corrected chi connectivity index (χ2v) is 7.67. The quantitative estimate of drug-likeness (QED) is 0.206. The largest absolute Gasteiger partial charge is 0.493 e. The predicted octanol–water partition coefficient (Wildman–Crippen LogP) is 5.26. The van der Waals surface area contributed by atoms with Gasteiger partial charge in [0.25, 0.3) is 0 Å². The van der Waals surface area contributed by atoms with E-state index in [2.05, 4.69) is 4.74 Å². The van der Waals surface area contributed by atoms with Gasteiger partial charge < -0.3 is 18.8 Å². The van der Waals surface area contributed by atoms with Gasteiger partial charge in [0.1, 0.15) is 0 Å². The number of benzene rings is 3. The molecule has 0 spiro atoms. The van der Waals surface area contributed by atoms with E-state index in [9.17, 15) is 9.59 Å². The van der Waals surface area contributed by atoms with Crippen molar-refractivity contribution in [1.29, 1.82) is 0 Å². The van der Waals surface area contributed by atoms with Gasteiger partial charge in [-0.1, -0.05) is 30.3 Å². The Morgan fingerprint density at radius 1 is 0.882 bits per heavy atom. The number of aromatic nitrogens is 1. The van der Waals surface area contributed by atoms with Gasteiger partial charge >= 0.3 is 5.97 Å². The summed E-state index contributed by atoms with van der Waals surface area (Å²) in [6, 6.07) is 21.1. The number of methoxy groups -OCH3 is 3. The van der Waals surface area contributed by atoms with Gasteiger partial charge in [-0.25, -0.2) is 4.79 Å². The number of esters is 1. The molecular formula is C28H25NO5. The summed E-state index contributed by atoms with van der Waals surface area (Å²) < 4.78 is 17.4. The number of hydrogen-bond donors (Lipinski definition) is 0. The van der Waals surface area contributed by atoms with Crippen LogP contribution in [0.5, 0.6) is 11.5 Å². The topological polar surface area (TPSA) is 66.8 Å². The Labute approximate surface area is 198 Å². The predicted molar refractivity (Wildman–Crippen MR) is 132 cm³/mol. The molecule has 0 fully saturated rings. The first kappa shape index (κ1) is 22.9. The maximum Gasteiger partial charge on any atom is 0.330 e. The van der Waals surface area contributed by atoms with E-state index in [-0.39, 0.29) is 12.2 Å². The van der Waals surface area contributed by atoms with Gasteiger partial charge in [-0.2, -0.15) is 0 Å². The van der Waals surface area contributed by atoms with E-state index < -0.39 is 5.97 Å². The number of rotatable bonds is 8. The van der Waals surface area contributed by atoms with Gasteiger partial charge in [-0.15, -0.1) is 0 Å². The molecule has 4 rings (SSSR count). The molecule has 0 saturated heterocycles. The lowest BCUT2D eigenvalue weighted by Gasteiger charge is -2.09. The Bertz CT molecular complexity index is 1370. The highest BCUT2D eigenvalue weighted by molar-refractivity contribution is 6.09. The summed E-state index contributed by atoms with van der Waals surface area (Å²) in [5.41, 5.74) is 4.07. The Morgan fingerprint density at radius 2 is 1.65 bits per heavy atom. The molecular weight excluding hydrogens is 430 g/mol. The molecule has 6 nitrogen and oxygen atoms in total. The highest BCUT2D eigenvalue weighted by Gasteiger charge is 2.18. The van der Waals surface area contributed by atoms with Crippen LogP contribution in [0.3, 0.4) is 0 Å². The number of ketones is 1. The molecule has 172 valence electrons. The molecule has 4 aromatic rings. The molecule has 0 aliphatic rings. The second kappa shape index (κ2) is 10.1. The smallest absolute Gasteiger partial charge is 0.330 e. The summed E-state index contributed by atoms with van der Waals surface area (Å²) in [5, 5.41) is 0.807. The standard InChI is InChI=1S/C28H25NO5/c1-32-26-13-10-20(17-27(26)33-2)16-25(30)23-18-29(21-7-5-4-6-8-21)24-12-9-19(15-22(23)24)11-14-28(31)34-3/h4-15,17-18H,16H2,1-3H3. The molecule has 0 amide bonds. The van der Waals surface area contributed by atoms with E-state index in [1.165, 1.54) is 13.2 Å².